The molecule has 49 valence electrons. The Balaban J connectivity index is 2.74. The fourth-order valence-electron chi connectivity index (χ4n) is 0.551. The highest BCUT2D eigenvalue weighted by Crippen LogP contribution is 2.09. The molecule has 1 heterocycles. The Morgan fingerprint density at radius 2 is 2.67 bits per heavy atom. The van der Waals surface area contributed by atoms with Crippen LogP contribution in [-0.4, -0.2) is 4.98 Å². The highest BCUT2D eigenvalue weighted by Gasteiger charge is 1.95. The summed E-state index contributed by atoms with van der Waals surface area (Å²) >= 11 is 1.61. The Morgan fingerprint density at radius 3 is 3.00 bits per heavy atom. The third-order valence-electron chi connectivity index (χ3n) is 1.04. The number of hydrogen-bond donors (Lipinski definition) is 1. The smallest absolute Gasteiger partial charge is 0.106 e. The summed E-state index contributed by atoms with van der Waals surface area (Å²) in [5.74, 6) is 0. The predicted octanol–water partition coefficient (Wildman–Crippen LogP) is 1.17. The fourth-order valence-corrected chi connectivity index (χ4v) is 1.25. The summed E-state index contributed by atoms with van der Waals surface area (Å²) in [4.78, 5) is 4.19. The van der Waals surface area contributed by atoms with Crippen molar-refractivity contribution in [3.8, 4) is 0 Å². The number of aromatic nitrogens is 1. The van der Waals surface area contributed by atoms with Crippen molar-refractivity contribution >= 4 is 11.3 Å². The van der Waals surface area contributed by atoms with Gasteiger partial charge in [0.25, 0.3) is 0 Å². The monoisotopic (exact) mass is 141 g/mol. The van der Waals surface area contributed by atoms with Crippen LogP contribution in [0.3, 0.4) is 0 Å². The van der Waals surface area contributed by atoms with Crippen molar-refractivity contribution < 1.29 is 0 Å². The van der Waals surface area contributed by atoms with Gasteiger partial charge in [-0.05, 0) is 0 Å². The van der Waals surface area contributed by atoms with Crippen molar-refractivity contribution in [2.45, 2.75) is 13.5 Å². The van der Waals surface area contributed by atoms with Gasteiger partial charge in [-0.2, -0.15) is 0 Å². The third-order valence-corrected chi connectivity index (χ3v) is 1.93. The minimum atomic E-state index is 0.554. The SMILES string of the molecule is C[CH]c1csc(CN)n1. The van der Waals surface area contributed by atoms with Gasteiger partial charge in [0.1, 0.15) is 5.01 Å². The Kier molecular flexibility index (Phi) is 2.19. The largest absolute Gasteiger partial charge is 0.325 e. The van der Waals surface area contributed by atoms with Gasteiger partial charge in [-0.3, -0.25) is 0 Å². The Hall–Kier alpha value is -0.410. The summed E-state index contributed by atoms with van der Waals surface area (Å²) in [6, 6.07) is 0. The molecule has 0 bridgehead atoms. The molecule has 3 heteroatoms. The van der Waals surface area contributed by atoms with Crippen molar-refractivity contribution in [1.29, 1.82) is 0 Å². The number of rotatable bonds is 2. The molecule has 0 aliphatic carbocycles. The second-order valence-corrected chi connectivity index (χ2v) is 2.60. The number of nitrogens with two attached hydrogens (primary N) is 1. The molecule has 1 rings (SSSR count). The molecule has 1 radical (unpaired) electrons. The lowest BCUT2D eigenvalue weighted by atomic mass is 10.4. The fraction of sp³-hybridized carbons (Fsp3) is 0.333. The van der Waals surface area contributed by atoms with E-state index in [4.69, 9.17) is 5.73 Å². The van der Waals surface area contributed by atoms with Gasteiger partial charge < -0.3 is 5.73 Å². The van der Waals surface area contributed by atoms with E-state index in [-0.39, 0.29) is 0 Å². The van der Waals surface area contributed by atoms with Crippen molar-refractivity contribution in [1.82, 2.24) is 4.98 Å². The summed E-state index contributed by atoms with van der Waals surface area (Å²) in [5, 5.41) is 3.01. The van der Waals surface area contributed by atoms with Gasteiger partial charge in [-0.1, -0.05) is 6.92 Å². The molecule has 0 spiro atoms. The molecule has 0 saturated heterocycles. The first-order valence-electron chi connectivity index (χ1n) is 2.80. The van der Waals surface area contributed by atoms with Gasteiger partial charge in [0, 0.05) is 18.3 Å². The lowest BCUT2D eigenvalue weighted by Crippen LogP contribution is -1.94. The average molecular weight is 141 g/mol. The molecule has 2 N–H and O–H groups in total. The summed E-state index contributed by atoms with van der Waals surface area (Å²) in [5.41, 5.74) is 6.38. The van der Waals surface area contributed by atoms with Gasteiger partial charge in [-0.25, -0.2) is 4.98 Å². The molecular weight excluding hydrogens is 132 g/mol. The topological polar surface area (TPSA) is 38.9 Å². The van der Waals surface area contributed by atoms with E-state index in [0.29, 0.717) is 6.54 Å². The molecule has 0 atom stereocenters. The predicted molar refractivity (Wildman–Crippen MR) is 39.1 cm³/mol. The third kappa shape index (κ3) is 1.50. The van der Waals surface area contributed by atoms with E-state index in [1.165, 1.54) is 0 Å². The lowest BCUT2D eigenvalue weighted by Gasteiger charge is -1.83. The summed E-state index contributed by atoms with van der Waals surface area (Å²) in [6.45, 7) is 2.52. The van der Waals surface area contributed by atoms with Crippen LogP contribution < -0.4 is 5.73 Å². The van der Waals surface area contributed by atoms with E-state index in [9.17, 15) is 0 Å². The number of hydrogen-bond acceptors (Lipinski definition) is 3. The van der Waals surface area contributed by atoms with Crippen LogP contribution in [0.5, 0.6) is 0 Å². The van der Waals surface area contributed by atoms with Crippen molar-refractivity contribution in [2.75, 3.05) is 0 Å². The Bertz CT molecular complexity index is 164. The standard InChI is InChI=1S/C6H9N2S/c1-2-5-4-9-6(3-7)8-5/h2,4H,3,7H2,1H3. The molecule has 2 nitrogen and oxygen atoms in total. The van der Waals surface area contributed by atoms with Gasteiger partial charge in [0.15, 0.2) is 0 Å². The Labute approximate surface area is 58.7 Å². The molecule has 9 heavy (non-hydrogen) atoms. The second-order valence-electron chi connectivity index (χ2n) is 1.66. The normalized spacial score (nSPS) is 10.0. The second kappa shape index (κ2) is 2.94. The first-order chi connectivity index (χ1) is 4.36. The molecule has 0 aliphatic heterocycles. The summed E-state index contributed by atoms with van der Waals surface area (Å²) in [7, 11) is 0. The van der Waals surface area contributed by atoms with Gasteiger partial charge in [0.2, 0.25) is 0 Å². The van der Waals surface area contributed by atoms with Crippen LogP contribution >= 0.6 is 11.3 Å². The summed E-state index contributed by atoms with van der Waals surface area (Å²) < 4.78 is 0. The zero-order valence-corrected chi connectivity index (χ0v) is 6.11. The van der Waals surface area contributed by atoms with Gasteiger partial charge in [0.05, 0.1) is 5.69 Å². The molecule has 0 fully saturated rings. The van der Waals surface area contributed by atoms with Gasteiger partial charge in [-0.15, -0.1) is 11.3 Å². The number of nitrogens with zero attached hydrogens (tertiary/aromatic N) is 1. The van der Waals surface area contributed by atoms with Crippen LogP contribution in [0.25, 0.3) is 0 Å². The quantitative estimate of drug-likeness (QED) is 0.671. The van der Waals surface area contributed by atoms with Crippen molar-refractivity contribution in [3.63, 3.8) is 0 Å². The maximum absolute atomic E-state index is 5.35. The average Bonchev–Trinajstić information content (AvgIpc) is 2.34. The summed E-state index contributed by atoms with van der Waals surface area (Å²) in [6.07, 6.45) is 1.97. The molecule has 0 aromatic carbocycles. The van der Waals surface area contributed by atoms with E-state index in [0.717, 1.165) is 10.7 Å². The van der Waals surface area contributed by atoms with Gasteiger partial charge >= 0.3 is 0 Å². The van der Waals surface area contributed by atoms with Crippen LogP contribution in [0.2, 0.25) is 0 Å². The number of thiazole rings is 1. The molecular formula is C6H9N2S. The van der Waals surface area contributed by atoms with E-state index in [2.05, 4.69) is 4.98 Å². The highest BCUT2D eigenvalue weighted by molar-refractivity contribution is 7.09. The van der Waals surface area contributed by atoms with E-state index >= 15 is 0 Å². The highest BCUT2D eigenvalue weighted by atomic mass is 32.1. The van der Waals surface area contributed by atoms with E-state index in [1.54, 1.807) is 11.3 Å². The van der Waals surface area contributed by atoms with E-state index in [1.807, 2.05) is 18.7 Å². The van der Waals surface area contributed by atoms with Crippen molar-refractivity contribution in [2.24, 2.45) is 5.73 Å². The van der Waals surface area contributed by atoms with E-state index < -0.39 is 0 Å². The molecule has 0 amide bonds. The van der Waals surface area contributed by atoms with Crippen LogP contribution in [0.1, 0.15) is 17.6 Å². The Morgan fingerprint density at radius 1 is 1.89 bits per heavy atom. The van der Waals surface area contributed by atoms with Crippen LogP contribution in [0, 0.1) is 6.42 Å². The minimum absolute atomic E-state index is 0.554. The molecule has 1 aromatic heterocycles. The zero-order valence-electron chi connectivity index (χ0n) is 5.29. The van der Waals surface area contributed by atoms with Crippen LogP contribution in [0.15, 0.2) is 5.38 Å². The minimum Gasteiger partial charge on any atom is -0.325 e. The zero-order chi connectivity index (χ0) is 6.69. The maximum Gasteiger partial charge on any atom is 0.106 e. The first-order valence-corrected chi connectivity index (χ1v) is 3.68. The molecule has 0 unspecified atom stereocenters. The first kappa shape index (κ1) is 6.71. The molecule has 0 aliphatic rings. The van der Waals surface area contributed by atoms with Crippen LogP contribution in [-0.2, 0) is 6.54 Å². The molecule has 0 saturated carbocycles. The van der Waals surface area contributed by atoms with Crippen LogP contribution in [0.4, 0.5) is 0 Å². The molecule has 1 aromatic rings. The maximum atomic E-state index is 5.35. The lowest BCUT2D eigenvalue weighted by molar-refractivity contribution is 1.02. The van der Waals surface area contributed by atoms with Crippen molar-refractivity contribution in [3.05, 3.63) is 22.5 Å².